The van der Waals surface area contributed by atoms with Crippen LogP contribution in [0.5, 0.6) is 0 Å². The van der Waals surface area contributed by atoms with Crippen molar-refractivity contribution in [3.05, 3.63) is 65.0 Å². The molecule has 0 aliphatic rings. The Balaban J connectivity index is 1.91. The van der Waals surface area contributed by atoms with E-state index in [-0.39, 0.29) is 17.5 Å². The number of amides is 1. The van der Waals surface area contributed by atoms with Gasteiger partial charge < -0.3 is 5.32 Å². The molecule has 0 saturated carbocycles. The monoisotopic (exact) mass is 367 g/mol. The Morgan fingerprint density at radius 2 is 1.69 bits per heavy atom. The summed E-state index contributed by atoms with van der Waals surface area (Å²) in [6.45, 7) is 5.70. The molecule has 0 bridgehead atoms. The third kappa shape index (κ3) is 3.80. The zero-order chi connectivity index (χ0) is 18.7. The van der Waals surface area contributed by atoms with Crippen molar-refractivity contribution in [1.29, 1.82) is 0 Å². The highest BCUT2D eigenvalue weighted by Gasteiger charge is 2.20. The molecule has 5 nitrogen and oxygen atoms in total. The number of nitrogens with one attached hydrogen (secondary N) is 1. The van der Waals surface area contributed by atoms with Gasteiger partial charge in [-0.1, -0.05) is 42.1 Å². The van der Waals surface area contributed by atoms with Gasteiger partial charge in [0.05, 0.1) is 16.2 Å². The number of fused-ring (bicyclic) bond motifs is 1. The van der Waals surface area contributed by atoms with Crippen molar-refractivity contribution in [2.45, 2.75) is 37.2 Å². The second-order valence-corrected chi connectivity index (χ2v) is 7.60. The van der Waals surface area contributed by atoms with Gasteiger partial charge in [-0.15, -0.1) is 0 Å². The molecule has 2 aromatic carbocycles. The second kappa shape index (κ2) is 7.74. The lowest BCUT2D eigenvalue weighted by Gasteiger charge is -2.18. The van der Waals surface area contributed by atoms with Crippen LogP contribution in [-0.4, -0.2) is 20.7 Å². The Kier molecular flexibility index (Phi) is 5.42. The summed E-state index contributed by atoms with van der Waals surface area (Å²) in [6.07, 6.45) is 0. The molecule has 0 unspecified atom stereocenters. The molecule has 0 aliphatic heterocycles. The van der Waals surface area contributed by atoms with Gasteiger partial charge >= 0.3 is 0 Å². The molecular formula is C20H21N3O2S. The maximum Gasteiger partial charge on any atom is 0.262 e. The van der Waals surface area contributed by atoms with Crippen LogP contribution in [0.2, 0.25) is 0 Å². The summed E-state index contributed by atoms with van der Waals surface area (Å²) >= 11 is 1.29. The topological polar surface area (TPSA) is 64.0 Å². The predicted molar refractivity (Wildman–Crippen MR) is 107 cm³/mol. The minimum absolute atomic E-state index is 0.0495. The fraction of sp³-hybridized carbons (Fsp3) is 0.250. The summed E-state index contributed by atoms with van der Waals surface area (Å²) in [6, 6.07) is 16.6. The zero-order valence-electron chi connectivity index (χ0n) is 15.0. The summed E-state index contributed by atoms with van der Waals surface area (Å²) in [4.78, 5) is 30.0. The number of rotatable bonds is 5. The number of nitrogens with zero attached hydrogens (tertiary/aromatic N) is 2. The van der Waals surface area contributed by atoms with Gasteiger partial charge in [0.25, 0.3) is 5.56 Å². The highest BCUT2D eigenvalue weighted by atomic mass is 32.2. The number of hydrogen-bond donors (Lipinski definition) is 1. The molecule has 0 fully saturated rings. The Labute approximate surface area is 156 Å². The fourth-order valence-electron chi connectivity index (χ4n) is 2.64. The quantitative estimate of drug-likeness (QED) is 0.545. The van der Waals surface area contributed by atoms with E-state index in [1.54, 1.807) is 10.6 Å². The standard InChI is InChI=1S/C20H21N3O2S/c1-13(2)23-19(25)16-11-7-8-12-17(16)22-20(23)26-14(3)18(24)21-15-9-5-4-6-10-15/h4-14H,1-3H3,(H,21,24)/t14-/m1/s1. The number of carbonyl (C=O) groups is 1. The first-order valence-electron chi connectivity index (χ1n) is 8.51. The maximum atomic E-state index is 12.8. The van der Waals surface area contributed by atoms with E-state index in [1.807, 2.05) is 69.3 Å². The van der Waals surface area contributed by atoms with Crippen LogP contribution in [-0.2, 0) is 4.79 Å². The molecule has 0 aliphatic carbocycles. The Bertz CT molecular complexity index is 983. The van der Waals surface area contributed by atoms with E-state index in [1.165, 1.54) is 11.8 Å². The maximum absolute atomic E-state index is 12.8. The summed E-state index contributed by atoms with van der Waals surface area (Å²) in [5.41, 5.74) is 1.31. The van der Waals surface area contributed by atoms with E-state index in [0.29, 0.717) is 16.1 Å². The normalized spacial score (nSPS) is 12.3. The average Bonchev–Trinajstić information content (AvgIpc) is 2.62. The van der Waals surface area contributed by atoms with E-state index in [2.05, 4.69) is 10.3 Å². The van der Waals surface area contributed by atoms with E-state index < -0.39 is 5.25 Å². The van der Waals surface area contributed by atoms with Crippen molar-refractivity contribution < 1.29 is 4.79 Å². The van der Waals surface area contributed by atoms with Gasteiger partial charge in [-0.25, -0.2) is 4.98 Å². The zero-order valence-corrected chi connectivity index (χ0v) is 15.8. The molecule has 3 aromatic rings. The third-order valence-electron chi connectivity index (χ3n) is 3.98. The van der Waals surface area contributed by atoms with Crippen LogP contribution >= 0.6 is 11.8 Å². The third-order valence-corrected chi connectivity index (χ3v) is 5.05. The number of carbonyl (C=O) groups excluding carboxylic acids is 1. The molecule has 6 heteroatoms. The summed E-state index contributed by atoms with van der Waals surface area (Å²) in [7, 11) is 0. The number of anilines is 1. The number of aromatic nitrogens is 2. The van der Waals surface area contributed by atoms with Gasteiger partial charge in [-0.05, 0) is 45.0 Å². The first-order valence-corrected chi connectivity index (χ1v) is 9.39. The molecule has 26 heavy (non-hydrogen) atoms. The molecule has 1 atom stereocenters. The highest BCUT2D eigenvalue weighted by Crippen LogP contribution is 2.25. The Morgan fingerprint density at radius 1 is 1.04 bits per heavy atom. The molecule has 1 N–H and O–H groups in total. The Hall–Kier alpha value is -2.60. The van der Waals surface area contributed by atoms with Gasteiger partial charge in [0.15, 0.2) is 5.16 Å². The largest absolute Gasteiger partial charge is 0.325 e. The average molecular weight is 367 g/mol. The lowest BCUT2D eigenvalue weighted by Crippen LogP contribution is -2.28. The van der Waals surface area contributed by atoms with E-state index in [4.69, 9.17) is 0 Å². The van der Waals surface area contributed by atoms with E-state index in [0.717, 1.165) is 5.69 Å². The van der Waals surface area contributed by atoms with Crippen molar-refractivity contribution in [3.63, 3.8) is 0 Å². The number of benzene rings is 2. The molecular weight excluding hydrogens is 346 g/mol. The van der Waals surface area contributed by atoms with Gasteiger partial charge in [0.2, 0.25) is 5.91 Å². The van der Waals surface area contributed by atoms with E-state index in [9.17, 15) is 9.59 Å². The van der Waals surface area contributed by atoms with Crippen molar-refractivity contribution in [2.75, 3.05) is 5.32 Å². The number of hydrogen-bond acceptors (Lipinski definition) is 4. The summed E-state index contributed by atoms with van der Waals surface area (Å²) in [5.74, 6) is -0.126. The molecule has 1 heterocycles. The van der Waals surface area contributed by atoms with Crippen molar-refractivity contribution in [3.8, 4) is 0 Å². The molecule has 1 aromatic heterocycles. The SMILES string of the molecule is CC(C)n1c(S[C@H](C)C(=O)Nc2ccccc2)nc2ccccc2c1=O. The highest BCUT2D eigenvalue weighted by molar-refractivity contribution is 8.00. The van der Waals surface area contributed by atoms with Crippen LogP contribution in [0, 0.1) is 0 Å². The summed E-state index contributed by atoms with van der Waals surface area (Å²) < 4.78 is 1.65. The van der Waals surface area contributed by atoms with Gasteiger partial charge in [-0.3, -0.25) is 14.2 Å². The molecule has 0 spiro atoms. The Morgan fingerprint density at radius 3 is 2.38 bits per heavy atom. The number of thioether (sulfide) groups is 1. The smallest absolute Gasteiger partial charge is 0.262 e. The van der Waals surface area contributed by atoms with Crippen LogP contribution < -0.4 is 10.9 Å². The molecule has 0 radical (unpaired) electrons. The fourth-order valence-corrected chi connectivity index (χ4v) is 3.68. The molecule has 3 rings (SSSR count). The lowest BCUT2D eigenvalue weighted by atomic mass is 10.2. The van der Waals surface area contributed by atoms with Crippen molar-refractivity contribution in [1.82, 2.24) is 9.55 Å². The molecule has 1 amide bonds. The first-order chi connectivity index (χ1) is 12.5. The van der Waals surface area contributed by atoms with Gasteiger partial charge in [-0.2, -0.15) is 0 Å². The van der Waals surface area contributed by atoms with Crippen molar-refractivity contribution >= 4 is 34.3 Å². The van der Waals surface area contributed by atoms with Crippen LogP contribution in [0.1, 0.15) is 26.8 Å². The predicted octanol–water partition coefficient (Wildman–Crippen LogP) is 4.10. The van der Waals surface area contributed by atoms with Gasteiger partial charge in [0.1, 0.15) is 0 Å². The molecule has 134 valence electrons. The van der Waals surface area contributed by atoms with Crippen LogP contribution in [0.15, 0.2) is 64.5 Å². The lowest BCUT2D eigenvalue weighted by molar-refractivity contribution is -0.115. The van der Waals surface area contributed by atoms with Crippen molar-refractivity contribution in [2.24, 2.45) is 0 Å². The van der Waals surface area contributed by atoms with E-state index >= 15 is 0 Å². The molecule has 0 saturated heterocycles. The summed E-state index contributed by atoms with van der Waals surface area (Å²) in [5, 5.41) is 3.64. The second-order valence-electron chi connectivity index (χ2n) is 6.30. The van der Waals surface area contributed by atoms with Crippen LogP contribution in [0.25, 0.3) is 10.9 Å². The first kappa shape index (κ1) is 18.2. The number of para-hydroxylation sites is 2. The minimum Gasteiger partial charge on any atom is -0.325 e. The minimum atomic E-state index is -0.395. The van der Waals surface area contributed by atoms with Crippen LogP contribution in [0.4, 0.5) is 5.69 Å². The van der Waals surface area contributed by atoms with Crippen LogP contribution in [0.3, 0.4) is 0 Å². The van der Waals surface area contributed by atoms with Gasteiger partial charge in [0, 0.05) is 11.7 Å².